The molecular weight excluding hydrogens is 280 g/mol. The summed E-state index contributed by atoms with van der Waals surface area (Å²) in [6, 6.07) is 4.56. The monoisotopic (exact) mass is 310 g/mol. The van der Waals surface area contributed by atoms with Crippen LogP contribution in [0.15, 0.2) is 12.1 Å². The highest BCUT2D eigenvalue weighted by Crippen LogP contribution is 2.38. The third-order valence-electron chi connectivity index (χ3n) is 5.61. The summed E-state index contributed by atoms with van der Waals surface area (Å²) >= 11 is 0. The van der Waals surface area contributed by atoms with Crippen molar-refractivity contribution in [2.24, 2.45) is 0 Å². The fourth-order valence-electron chi connectivity index (χ4n) is 3.66. The molecule has 0 radical (unpaired) electrons. The molecule has 0 unspecified atom stereocenters. The van der Waals surface area contributed by atoms with Gasteiger partial charge in [0, 0.05) is 7.11 Å². The van der Waals surface area contributed by atoms with Crippen molar-refractivity contribution in [3.05, 3.63) is 67.8 Å². The molecule has 0 heterocycles. The lowest BCUT2D eigenvalue weighted by Crippen LogP contribution is -2.14. The average molecular weight is 310 g/mol. The van der Waals surface area contributed by atoms with Gasteiger partial charge in [0.25, 0.3) is 0 Å². The molecule has 0 saturated carbocycles. The average Bonchev–Trinajstić information content (AvgIpc) is 2.49. The minimum atomic E-state index is -0.00722. The SMILES string of the molecule is COC(c1c(C)c(C)cc(C)c1C)c1c(C)c(C)cc(C)c1C. The molecule has 2 aromatic rings. The predicted molar refractivity (Wildman–Crippen MR) is 99.6 cm³/mol. The van der Waals surface area contributed by atoms with Gasteiger partial charge in [-0.25, -0.2) is 0 Å². The Morgan fingerprint density at radius 1 is 0.565 bits per heavy atom. The minimum absolute atomic E-state index is 0.00722. The van der Waals surface area contributed by atoms with Crippen LogP contribution in [-0.2, 0) is 4.74 Å². The number of methoxy groups -OCH3 is 1. The Morgan fingerprint density at radius 3 is 1.04 bits per heavy atom. The van der Waals surface area contributed by atoms with Crippen molar-refractivity contribution in [2.75, 3.05) is 7.11 Å². The first-order valence-corrected chi connectivity index (χ1v) is 8.38. The fraction of sp³-hybridized carbons (Fsp3) is 0.455. The van der Waals surface area contributed by atoms with Crippen molar-refractivity contribution in [1.29, 1.82) is 0 Å². The van der Waals surface area contributed by atoms with Gasteiger partial charge in [0.1, 0.15) is 6.10 Å². The molecule has 1 heteroatoms. The van der Waals surface area contributed by atoms with E-state index >= 15 is 0 Å². The maximum Gasteiger partial charge on any atom is 0.108 e. The van der Waals surface area contributed by atoms with Crippen LogP contribution in [0.2, 0.25) is 0 Å². The number of benzene rings is 2. The molecule has 2 rings (SSSR count). The number of aryl methyl sites for hydroxylation is 4. The molecule has 2 aromatic carbocycles. The molecule has 124 valence electrons. The Kier molecular flexibility index (Phi) is 5.01. The predicted octanol–water partition coefficient (Wildman–Crippen LogP) is 5.89. The minimum Gasteiger partial charge on any atom is -0.372 e. The van der Waals surface area contributed by atoms with E-state index in [9.17, 15) is 0 Å². The van der Waals surface area contributed by atoms with Crippen LogP contribution in [0.4, 0.5) is 0 Å². The van der Waals surface area contributed by atoms with Gasteiger partial charge in [-0.2, -0.15) is 0 Å². The zero-order valence-corrected chi connectivity index (χ0v) is 16.1. The second-order valence-corrected chi connectivity index (χ2v) is 6.96. The van der Waals surface area contributed by atoms with Crippen LogP contribution in [0.1, 0.15) is 61.7 Å². The van der Waals surface area contributed by atoms with Gasteiger partial charge in [-0.15, -0.1) is 0 Å². The van der Waals surface area contributed by atoms with Crippen LogP contribution >= 0.6 is 0 Å². The highest BCUT2D eigenvalue weighted by atomic mass is 16.5. The molecule has 23 heavy (non-hydrogen) atoms. The van der Waals surface area contributed by atoms with Crippen LogP contribution in [0.5, 0.6) is 0 Å². The van der Waals surface area contributed by atoms with Gasteiger partial charge in [-0.05, 0) is 111 Å². The van der Waals surface area contributed by atoms with E-state index in [4.69, 9.17) is 4.74 Å². The Bertz CT molecular complexity index is 638. The van der Waals surface area contributed by atoms with Crippen LogP contribution in [0, 0.1) is 55.4 Å². The second kappa shape index (κ2) is 6.49. The normalized spacial score (nSPS) is 11.4. The lowest BCUT2D eigenvalue weighted by atomic mass is 9.83. The van der Waals surface area contributed by atoms with Crippen LogP contribution < -0.4 is 0 Å². The molecule has 0 saturated heterocycles. The maximum absolute atomic E-state index is 6.07. The third kappa shape index (κ3) is 2.95. The molecular formula is C22H30O. The molecule has 0 aliphatic rings. The van der Waals surface area contributed by atoms with E-state index in [0.29, 0.717) is 0 Å². The topological polar surface area (TPSA) is 9.23 Å². The molecule has 0 N–H and O–H groups in total. The first kappa shape index (κ1) is 17.7. The van der Waals surface area contributed by atoms with Gasteiger partial charge in [-0.3, -0.25) is 0 Å². The van der Waals surface area contributed by atoms with Gasteiger partial charge >= 0.3 is 0 Å². The van der Waals surface area contributed by atoms with Crippen molar-refractivity contribution in [3.63, 3.8) is 0 Å². The van der Waals surface area contributed by atoms with Gasteiger partial charge in [0.05, 0.1) is 0 Å². The molecule has 0 aliphatic heterocycles. The number of ether oxygens (including phenoxy) is 1. The van der Waals surface area contributed by atoms with E-state index in [1.165, 1.54) is 55.6 Å². The lowest BCUT2D eigenvalue weighted by molar-refractivity contribution is 0.134. The molecule has 0 atom stereocenters. The number of hydrogen-bond acceptors (Lipinski definition) is 1. The first-order chi connectivity index (χ1) is 10.7. The highest BCUT2D eigenvalue weighted by molar-refractivity contribution is 5.53. The van der Waals surface area contributed by atoms with Crippen molar-refractivity contribution < 1.29 is 4.74 Å². The van der Waals surface area contributed by atoms with Crippen molar-refractivity contribution in [2.45, 2.75) is 61.5 Å². The summed E-state index contributed by atoms with van der Waals surface area (Å²) in [5, 5.41) is 0. The third-order valence-corrected chi connectivity index (χ3v) is 5.61. The summed E-state index contributed by atoms with van der Waals surface area (Å²) in [5.41, 5.74) is 13.4. The number of rotatable bonds is 3. The Morgan fingerprint density at radius 2 is 0.826 bits per heavy atom. The molecule has 1 nitrogen and oxygen atoms in total. The van der Waals surface area contributed by atoms with E-state index in [1.807, 2.05) is 7.11 Å². The second-order valence-electron chi connectivity index (χ2n) is 6.96. The summed E-state index contributed by atoms with van der Waals surface area (Å²) in [6.45, 7) is 17.6. The Hall–Kier alpha value is -1.60. The zero-order chi connectivity index (χ0) is 17.5. The van der Waals surface area contributed by atoms with Crippen molar-refractivity contribution in [1.82, 2.24) is 0 Å². The lowest BCUT2D eigenvalue weighted by Gasteiger charge is -2.27. The zero-order valence-electron chi connectivity index (χ0n) is 16.1. The van der Waals surface area contributed by atoms with E-state index in [2.05, 4.69) is 67.5 Å². The smallest absolute Gasteiger partial charge is 0.108 e. The van der Waals surface area contributed by atoms with Crippen molar-refractivity contribution >= 4 is 0 Å². The van der Waals surface area contributed by atoms with Crippen LogP contribution in [-0.4, -0.2) is 7.11 Å². The molecule has 0 aromatic heterocycles. The van der Waals surface area contributed by atoms with Crippen molar-refractivity contribution in [3.8, 4) is 0 Å². The molecule has 0 aliphatic carbocycles. The summed E-state index contributed by atoms with van der Waals surface area (Å²) < 4.78 is 6.07. The van der Waals surface area contributed by atoms with Gasteiger partial charge in [0.15, 0.2) is 0 Å². The maximum atomic E-state index is 6.07. The van der Waals surface area contributed by atoms with Gasteiger partial charge in [-0.1, -0.05) is 12.1 Å². The first-order valence-electron chi connectivity index (χ1n) is 8.38. The largest absolute Gasteiger partial charge is 0.372 e. The summed E-state index contributed by atoms with van der Waals surface area (Å²) in [4.78, 5) is 0. The van der Waals surface area contributed by atoms with E-state index in [-0.39, 0.29) is 6.10 Å². The Labute approximate surface area is 141 Å². The summed E-state index contributed by atoms with van der Waals surface area (Å²) in [5.74, 6) is 0. The molecule has 0 bridgehead atoms. The van der Waals surface area contributed by atoms with Gasteiger partial charge < -0.3 is 4.74 Å². The highest BCUT2D eigenvalue weighted by Gasteiger charge is 2.24. The molecule has 0 amide bonds. The van der Waals surface area contributed by atoms with Gasteiger partial charge in [0.2, 0.25) is 0 Å². The number of hydrogen-bond donors (Lipinski definition) is 0. The Balaban J connectivity index is 2.83. The van der Waals surface area contributed by atoms with E-state index in [1.54, 1.807) is 0 Å². The van der Waals surface area contributed by atoms with E-state index in [0.717, 1.165) is 0 Å². The van der Waals surface area contributed by atoms with Crippen LogP contribution in [0.3, 0.4) is 0 Å². The fourth-order valence-corrected chi connectivity index (χ4v) is 3.66. The quantitative estimate of drug-likeness (QED) is 0.687. The van der Waals surface area contributed by atoms with E-state index < -0.39 is 0 Å². The molecule has 0 spiro atoms. The summed E-state index contributed by atoms with van der Waals surface area (Å²) in [7, 11) is 1.83. The standard InChI is InChI=1S/C22H30O/c1-12-10-13(2)17(6)20(16(12)5)22(23-9)21-18(7)14(3)11-15(4)19(21)8/h10-11,22H,1-9H3. The summed E-state index contributed by atoms with van der Waals surface area (Å²) in [6.07, 6.45) is -0.00722. The van der Waals surface area contributed by atoms with Crippen LogP contribution in [0.25, 0.3) is 0 Å². The molecule has 0 fully saturated rings.